The SMILES string of the molecule is CCCOc1ccccc1OCC(=O)OCC(=O)Nc1ccc(C#N)c(Cl)c1. The number of amides is 1. The van der Waals surface area contributed by atoms with Crippen LogP contribution in [0.1, 0.15) is 18.9 Å². The second-order valence-corrected chi connectivity index (χ2v) is 6.01. The van der Waals surface area contributed by atoms with Crippen LogP contribution in [0.15, 0.2) is 42.5 Å². The lowest BCUT2D eigenvalue weighted by atomic mass is 10.2. The van der Waals surface area contributed by atoms with Gasteiger partial charge < -0.3 is 19.5 Å². The number of rotatable bonds is 9. The zero-order chi connectivity index (χ0) is 20.4. The van der Waals surface area contributed by atoms with Crippen LogP contribution in [0, 0.1) is 11.3 Å². The number of carbonyl (C=O) groups is 2. The molecule has 0 saturated carbocycles. The number of hydrogen-bond acceptors (Lipinski definition) is 6. The molecule has 2 aromatic rings. The number of esters is 1. The molecule has 7 nitrogen and oxygen atoms in total. The smallest absolute Gasteiger partial charge is 0.344 e. The van der Waals surface area contributed by atoms with E-state index in [1.165, 1.54) is 18.2 Å². The Morgan fingerprint density at radius 3 is 2.46 bits per heavy atom. The van der Waals surface area contributed by atoms with E-state index in [-0.39, 0.29) is 11.6 Å². The summed E-state index contributed by atoms with van der Waals surface area (Å²) in [6, 6.07) is 13.4. The fourth-order valence-corrected chi connectivity index (χ4v) is 2.33. The van der Waals surface area contributed by atoms with Crippen LogP contribution in [0.3, 0.4) is 0 Å². The molecular weight excluding hydrogens is 384 g/mol. The van der Waals surface area contributed by atoms with Gasteiger partial charge in [0, 0.05) is 5.69 Å². The molecule has 0 unspecified atom stereocenters. The molecule has 0 radical (unpaired) electrons. The quantitative estimate of drug-likeness (QED) is 0.644. The Labute approximate surface area is 167 Å². The van der Waals surface area contributed by atoms with E-state index in [1.807, 2.05) is 13.0 Å². The van der Waals surface area contributed by atoms with Gasteiger partial charge in [-0.25, -0.2) is 4.79 Å². The molecule has 146 valence electrons. The predicted molar refractivity (Wildman–Crippen MR) is 103 cm³/mol. The van der Waals surface area contributed by atoms with E-state index in [1.54, 1.807) is 24.3 Å². The van der Waals surface area contributed by atoms with Gasteiger partial charge in [0.1, 0.15) is 6.07 Å². The maximum Gasteiger partial charge on any atom is 0.344 e. The molecule has 28 heavy (non-hydrogen) atoms. The Kier molecular flexibility index (Phi) is 8.12. The number of para-hydroxylation sites is 2. The minimum Gasteiger partial charge on any atom is -0.490 e. The van der Waals surface area contributed by atoms with Crippen molar-refractivity contribution in [2.45, 2.75) is 13.3 Å². The van der Waals surface area contributed by atoms with Gasteiger partial charge in [-0.05, 0) is 36.8 Å². The number of nitriles is 1. The third kappa shape index (κ3) is 6.49. The summed E-state index contributed by atoms with van der Waals surface area (Å²) >= 11 is 5.90. The second kappa shape index (κ2) is 10.8. The monoisotopic (exact) mass is 402 g/mol. The molecule has 0 bridgehead atoms. The number of ether oxygens (including phenoxy) is 3. The number of nitrogens with one attached hydrogen (secondary N) is 1. The molecule has 8 heteroatoms. The molecule has 0 aliphatic carbocycles. The molecule has 0 atom stereocenters. The van der Waals surface area contributed by atoms with E-state index in [0.29, 0.717) is 29.4 Å². The van der Waals surface area contributed by atoms with E-state index in [9.17, 15) is 9.59 Å². The van der Waals surface area contributed by atoms with Gasteiger partial charge in [-0.2, -0.15) is 5.26 Å². The average Bonchev–Trinajstić information content (AvgIpc) is 2.70. The highest BCUT2D eigenvalue weighted by atomic mass is 35.5. The molecule has 2 rings (SSSR count). The van der Waals surface area contributed by atoms with Crippen molar-refractivity contribution in [3.8, 4) is 17.6 Å². The number of halogens is 1. The molecule has 0 heterocycles. The fourth-order valence-electron chi connectivity index (χ4n) is 2.11. The first kappa shape index (κ1) is 21.1. The van der Waals surface area contributed by atoms with Crippen molar-refractivity contribution in [3.63, 3.8) is 0 Å². The highest BCUT2D eigenvalue weighted by Crippen LogP contribution is 2.26. The Morgan fingerprint density at radius 2 is 1.82 bits per heavy atom. The highest BCUT2D eigenvalue weighted by Gasteiger charge is 2.11. The van der Waals surface area contributed by atoms with Crippen molar-refractivity contribution in [1.29, 1.82) is 5.26 Å². The fraction of sp³-hybridized carbons (Fsp3) is 0.250. The van der Waals surface area contributed by atoms with E-state index in [0.717, 1.165) is 6.42 Å². The molecule has 0 aliphatic heterocycles. The van der Waals surface area contributed by atoms with E-state index in [2.05, 4.69) is 5.32 Å². The molecule has 0 saturated heterocycles. The van der Waals surface area contributed by atoms with E-state index < -0.39 is 18.5 Å². The minimum atomic E-state index is -0.696. The summed E-state index contributed by atoms with van der Waals surface area (Å²) in [6.45, 7) is 1.68. The van der Waals surface area contributed by atoms with Gasteiger partial charge >= 0.3 is 5.97 Å². The van der Waals surface area contributed by atoms with Crippen LogP contribution in [0.5, 0.6) is 11.5 Å². The summed E-state index contributed by atoms with van der Waals surface area (Å²) in [5, 5.41) is 11.6. The molecule has 1 N–H and O–H groups in total. The van der Waals surface area contributed by atoms with Gasteiger partial charge in [-0.15, -0.1) is 0 Å². The molecule has 0 fully saturated rings. The zero-order valence-electron chi connectivity index (χ0n) is 15.2. The van der Waals surface area contributed by atoms with Gasteiger partial charge in [-0.3, -0.25) is 4.79 Å². The second-order valence-electron chi connectivity index (χ2n) is 5.60. The first-order valence-electron chi connectivity index (χ1n) is 8.53. The zero-order valence-corrected chi connectivity index (χ0v) is 16.0. The molecule has 0 spiro atoms. The van der Waals surface area contributed by atoms with Gasteiger partial charge in [0.25, 0.3) is 5.91 Å². The molecule has 0 aliphatic rings. The normalized spacial score (nSPS) is 9.89. The summed E-state index contributed by atoms with van der Waals surface area (Å²) in [5.74, 6) is -0.281. The molecule has 0 aromatic heterocycles. The van der Waals surface area contributed by atoms with Crippen LogP contribution >= 0.6 is 11.6 Å². The van der Waals surface area contributed by atoms with Crippen molar-refractivity contribution in [2.24, 2.45) is 0 Å². The molecule has 1 amide bonds. The Hall–Kier alpha value is -3.24. The van der Waals surface area contributed by atoms with Gasteiger partial charge in [0.2, 0.25) is 0 Å². The number of benzene rings is 2. The Morgan fingerprint density at radius 1 is 1.11 bits per heavy atom. The number of anilines is 1. The largest absolute Gasteiger partial charge is 0.490 e. The first-order valence-corrected chi connectivity index (χ1v) is 8.91. The number of nitrogens with zero attached hydrogens (tertiary/aromatic N) is 1. The summed E-state index contributed by atoms with van der Waals surface area (Å²) < 4.78 is 15.8. The maximum absolute atomic E-state index is 11.9. The van der Waals surface area contributed by atoms with Crippen molar-refractivity contribution in [2.75, 3.05) is 25.1 Å². The van der Waals surface area contributed by atoms with Crippen LogP contribution in [-0.4, -0.2) is 31.7 Å². The maximum atomic E-state index is 11.9. The van der Waals surface area contributed by atoms with Crippen LogP contribution in [0.25, 0.3) is 0 Å². The topological polar surface area (TPSA) is 97.7 Å². The van der Waals surface area contributed by atoms with E-state index in [4.69, 9.17) is 31.1 Å². The van der Waals surface area contributed by atoms with E-state index >= 15 is 0 Å². The summed E-state index contributed by atoms with van der Waals surface area (Å²) in [5.41, 5.74) is 0.690. The molecule has 2 aromatic carbocycles. The highest BCUT2D eigenvalue weighted by molar-refractivity contribution is 6.32. The first-order chi connectivity index (χ1) is 13.5. The standard InChI is InChI=1S/C20H19ClN2O5/c1-2-9-26-17-5-3-4-6-18(17)27-13-20(25)28-12-19(24)23-15-8-7-14(11-22)16(21)10-15/h3-8,10H,2,9,12-13H2,1H3,(H,23,24). The summed E-state index contributed by atoms with van der Waals surface area (Å²) in [7, 11) is 0. The van der Waals surface area contributed by atoms with Crippen LogP contribution in [-0.2, 0) is 14.3 Å². The van der Waals surface area contributed by atoms with Crippen molar-refractivity contribution >= 4 is 29.2 Å². The minimum absolute atomic E-state index is 0.217. The predicted octanol–water partition coefficient (Wildman–Crippen LogP) is 3.56. The van der Waals surface area contributed by atoms with Gasteiger partial charge in [0.15, 0.2) is 24.7 Å². The Bertz CT molecular complexity index is 879. The molecular formula is C20H19ClN2O5. The number of hydrogen-bond donors (Lipinski definition) is 1. The van der Waals surface area contributed by atoms with Gasteiger partial charge in [0.05, 0.1) is 17.2 Å². The number of carbonyl (C=O) groups excluding carboxylic acids is 2. The third-order valence-corrected chi connectivity index (χ3v) is 3.71. The van der Waals surface area contributed by atoms with Crippen molar-refractivity contribution in [1.82, 2.24) is 0 Å². The lowest BCUT2D eigenvalue weighted by Crippen LogP contribution is -2.23. The average molecular weight is 403 g/mol. The van der Waals surface area contributed by atoms with Crippen LogP contribution in [0.2, 0.25) is 5.02 Å². The van der Waals surface area contributed by atoms with Crippen molar-refractivity contribution in [3.05, 3.63) is 53.1 Å². The van der Waals surface area contributed by atoms with Crippen molar-refractivity contribution < 1.29 is 23.8 Å². The van der Waals surface area contributed by atoms with Gasteiger partial charge in [-0.1, -0.05) is 30.7 Å². The summed E-state index contributed by atoms with van der Waals surface area (Å²) in [4.78, 5) is 23.7. The van der Waals surface area contributed by atoms with Crippen LogP contribution in [0.4, 0.5) is 5.69 Å². The Balaban J connectivity index is 1.79. The lowest BCUT2D eigenvalue weighted by Gasteiger charge is -2.12. The van der Waals surface area contributed by atoms with Crippen LogP contribution < -0.4 is 14.8 Å². The third-order valence-electron chi connectivity index (χ3n) is 3.39. The lowest BCUT2D eigenvalue weighted by molar-refractivity contribution is -0.149. The summed E-state index contributed by atoms with van der Waals surface area (Å²) in [6.07, 6.45) is 0.843.